The zero-order valence-electron chi connectivity index (χ0n) is 16.1. The average Bonchev–Trinajstić information content (AvgIpc) is 3.15. The van der Waals surface area contributed by atoms with E-state index in [9.17, 15) is 9.18 Å². The van der Waals surface area contributed by atoms with Gasteiger partial charge in [0.2, 0.25) is 0 Å². The minimum atomic E-state index is -0.287. The van der Waals surface area contributed by atoms with Crippen LogP contribution in [-0.2, 0) is 12.3 Å². The molecular weight excluding hydrogens is 453 g/mol. The zero-order valence-corrected chi connectivity index (χ0v) is 18.5. The summed E-state index contributed by atoms with van der Waals surface area (Å²) < 4.78 is 15.8. The lowest BCUT2D eigenvalue weighted by Crippen LogP contribution is -2.23. The molecule has 3 heterocycles. The van der Waals surface area contributed by atoms with Crippen LogP contribution in [0.1, 0.15) is 11.1 Å². The summed E-state index contributed by atoms with van der Waals surface area (Å²) in [5, 5.41) is 2.01. The van der Waals surface area contributed by atoms with Crippen molar-refractivity contribution in [3.8, 4) is 0 Å². The minimum absolute atomic E-state index is 0.130. The fourth-order valence-corrected chi connectivity index (χ4v) is 5.52. The van der Waals surface area contributed by atoms with Crippen LogP contribution in [0.5, 0.6) is 0 Å². The zero-order chi connectivity index (χ0) is 21.4. The second kappa shape index (κ2) is 8.42. The van der Waals surface area contributed by atoms with E-state index < -0.39 is 0 Å². The van der Waals surface area contributed by atoms with Gasteiger partial charge in [-0.25, -0.2) is 14.4 Å². The maximum Gasteiger partial charge on any atom is 0.272 e. The highest BCUT2D eigenvalue weighted by atomic mass is 35.5. The molecule has 0 saturated heterocycles. The van der Waals surface area contributed by atoms with Crippen LogP contribution in [0, 0.1) is 5.82 Å². The van der Waals surface area contributed by atoms with E-state index in [0.29, 0.717) is 32.7 Å². The number of benzene rings is 2. The van der Waals surface area contributed by atoms with Crippen LogP contribution < -0.4 is 5.56 Å². The van der Waals surface area contributed by atoms with Gasteiger partial charge in [-0.05, 0) is 41.5 Å². The molecule has 0 aliphatic rings. The first kappa shape index (κ1) is 20.2. The molecule has 8 heteroatoms. The number of nitrogens with zero attached hydrogens (tertiary/aromatic N) is 3. The quantitative estimate of drug-likeness (QED) is 0.230. The topological polar surface area (TPSA) is 47.8 Å². The van der Waals surface area contributed by atoms with Crippen LogP contribution in [0.15, 0.2) is 76.8 Å². The molecule has 0 saturated carbocycles. The van der Waals surface area contributed by atoms with Gasteiger partial charge >= 0.3 is 0 Å². The number of hydrogen-bond donors (Lipinski definition) is 0. The van der Waals surface area contributed by atoms with E-state index in [1.165, 1.54) is 35.2 Å². The van der Waals surface area contributed by atoms with E-state index >= 15 is 0 Å². The standard InChI is InChI=1S/C23H15ClFN3OS2/c24-18-9-2-1-6-15(18)12-28-22(29)20-19(17-8-4-10-26-21(17)31-20)27-23(28)30-13-14-5-3-7-16(25)11-14/h1-11H,12-13H2. The van der Waals surface area contributed by atoms with Gasteiger partial charge in [-0.2, -0.15) is 0 Å². The Bertz CT molecular complexity index is 1480. The van der Waals surface area contributed by atoms with Gasteiger partial charge in [0.05, 0.1) is 12.1 Å². The molecule has 5 aromatic rings. The fourth-order valence-electron chi connectivity index (χ4n) is 3.36. The maximum atomic E-state index is 13.6. The molecule has 0 unspecified atom stereocenters. The summed E-state index contributed by atoms with van der Waals surface area (Å²) in [7, 11) is 0. The van der Waals surface area contributed by atoms with Crippen molar-refractivity contribution >= 4 is 55.1 Å². The summed E-state index contributed by atoms with van der Waals surface area (Å²) >= 11 is 9.10. The van der Waals surface area contributed by atoms with Crippen molar-refractivity contribution in [2.24, 2.45) is 0 Å². The Morgan fingerprint density at radius 3 is 2.81 bits per heavy atom. The van der Waals surface area contributed by atoms with Gasteiger partial charge in [-0.1, -0.05) is 53.7 Å². The molecule has 0 bridgehead atoms. The smallest absolute Gasteiger partial charge is 0.272 e. The highest BCUT2D eigenvalue weighted by Crippen LogP contribution is 2.31. The van der Waals surface area contributed by atoms with Crippen molar-refractivity contribution in [1.29, 1.82) is 0 Å². The largest absolute Gasteiger partial charge is 0.282 e. The lowest BCUT2D eigenvalue weighted by atomic mass is 10.2. The van der Waals surface area contributed by atoms with Gasteiger partial charge in [0, 0.05) is 22.4 Å². The van der Waals surface area contributed by atoms with Gasteiger partial charge in [-0.3, -0.25) is 9.36 Å². The first-order chi connectivity index (χ1) is 15.1. The van der Waals surface area contributed by atoms with Crippen LogP contribution in [0.25, 0.3) is 20.4 Å². The van der Waals surface area contributed by atoms with E-state index in [2.05, 4.69) is 4.98 Å². The van der Waals surface area contributed by atoms with Gasteiger partial charge < -0.3 is 0 Å². The molecular formula is C23H15ClFN3OS2. The molecule has 154 valence electrons. The lowest BCUT2D eigenvalue weighted by Gasteiger charge is -2.13. The van der Waals surface area contributed by atoms with E-state index in [1.807, 2.05) is 36.4 Å². The summed E-state index contributed by atoms with van der Waals surface area (Å²) in [6.45, 7) is 0.300. The van der Waals surface area contributed by atoms with Gasteiger partial charge in [0.25, 0.3) is 5.56 Å². The first-order valence-corrected chi connectivity index (χ1v) is 11.7. The molecule has 3 aromatic heterocycles. The molecule has 0 N–H and O–H groups in total. The summed E-state index contributed by atoms with van der Waals surface area (Å²) in [6.07, 6.45) is 1.71. The second-order valence-electron chi connectivity index (χ2n) is 6.93. The molecule has 2 aromatic carbocycles. The van der Waals surface area contributed by atoms with Gasteiger partial charge in [0.1, 0.15) is 15.3 Å². The van der Waals surface area contributed by atoms with Gasteiger partial charge in [0.15, 0.2) is 5.16 Å². The number of hydrogen-bond acceptors (Lipinski definition) is 5. The number of thiophene rings is 1. The maximum absolute atomic E-state index is 13.6. The van der Waals surface area contributed by atoms with E-state index in [1.54, 1.807) is 22.9 Å². The molecule has 0 radical (unpaired) electrons. The summed E-state index contributed by atoms with van der Waals surface area (Å²) in [4.78, 5) is 23.5. The van der Waals surface area contributed by atoms with Crippen molar-refractivity contribution in [1.82, 2.24) is 14.5 Å². The summed E-state index contributed by atoms with van der Waals surface area (Å²) in [6, 6.07) is 17.6. The highest BCUT2D eigenvalue weighted by Gasteiger charge is 2.18. The third kappa shape index (κ3) is 3.96. The number of fused-ring (bicyclic) bond motifs is 3. The third-order valence-electron chi connectivity index (χ3n) is 4.86. The Morgan fingerprint density at radius 2 is 1.97 bits per heavy atom. The predicted octanol–water partition coefficient (Wildman–Crippen LogP) is 6.14. The average molecular weight is 468 g/mol. The molecule has 4 nitrogen and oxygen atoms in total. The van der Waals surface area contributed by atoms with Crippen LogP contribution in [0.2, 0.25) is 5.02 Å². The minimum Gasteiger partial charge on any atom is -0.282 e. The third-order valence-corrected chi connectivity index (χ3v) is 7.37. The molecule has 0 fully saturated rings. The molecule has 0 amide bonds. The van der Waals surface area contributed by atoms with E-state index in [4.69, 9.17) is 16.6 Å². The predicted molar refractivity (Wildman–Crippen MR) is 126 cm³/mol. The molecule has 0 atom stereocenters. The Hall–Kier alpha value is -2.74. The van der Waals surface area contributed by atoms with Crippen LogP contribution >= 0.6 is 34.7 Å². The first-order valence-electron chi connectivity index (χ1n) is 9.49. The van der Waals surface area contributed by atoms with E-state index in [-0.39, 0.29) is 11.4 Å². The van der Waals surface area contributed by atoms with Crippen molar-refractivity contribution in [3.63, 3.8) is 0 Å². The second-order valence-corrected chi connectivity index (χ2v) is 9.28. The Kier molecular flexibility index (Phi) is 5.48. The van der Waals surface area contributed by atoms with Crippen LogP contribution in [0.4, 0.5) is 4.39 Å². The summed E-state index contributed by atoms with van der Waals surface area (Å²) in [5.74, 6) is 0.198. The highest BCUT2D eigenvalue weighted by molar-refractivity contribution is 7.98. The normalized spacial score (nSPS) is 11.4. The SMILES string of the molecule is O=c1c2sc3ncccc3c2nc(SCc2cccc(F)c2)n1Cc1ccccc1Cl. The number of pyridine rings is 1. The van der Waals surface area contributed by atoms with Crippen molar-refractivity contribution in [2.75, 3.05) is 0 Å². The monoisotopic (exact) mass is 467 g/mol. The Balaban J connectivity index is 1.65. The molecule has 0 aliphatic heterocycles. The number of rotatable bonds is 5. The molecule has 5 rings (SSSR count). The Morgan fingerprint density at radius 1 is 1.10 bits per heavy atom. The van der Waals surface area contributed by atoms with Crippen molar-refractivity contribution < 1.29 is 4.39 Å². The fraction of sp³-hybridized carbons (Fsp3) is 0.0870. The number of thioether (sulfide) groups is 1. The van der Waals surface area contributed by atoms with Crippen LogP contribution in [0.3, 0.4) is 0 Å². The van der Waals surface area contributed by atoms with Crippen molar-refractivity contribution in [3.05, 3.63) is 99.2 Å². The Labute approximate surface area is 190 Å². The van der Waals surface area contributed by atoms with Crippen molar-refractivity contribution in [2.45, 2.75) is 17.5 Å². The van der Waals surface area contributed by atoms with Gasteiger partial charge in [-0.15, -0.1) is 11.3 Å². The number of halogens is 2. The lowest BCUT2D eigenvalue weighted by molar-refractivity contribution is 0.626. The molecule has 0 aliphatic carbocycles. The summed E-state index contributed by atoms with van der Waals surface area (Å²) in [5.41, 5.74) is 2.17. The number of aromatic nitrogens is 3. The molecule has 31 heavy (non-hydrogen) atoms. The van der Waals surface area contributed by atoms with E-state index in [0.717, 1.165) is 21.3 Å². The molecule has 0 spiro atoms. The van der Waals surface area contributed by atoms with Crippen LogP contribution in [-0.4, -0.2) is 14.5 Å².